The molecule has 0 saturated heterocycles. The molecule has 0 heterocycles. The minimum atomic E-state index is -1.07. The number of aryl methyl sites for hydroxylation is 3. The van der Waals surface area contributed by atoms with E-state index in [2.05, 4.69) is 0 Å². The van der Waals surface area contributed by atoms with Crippen LogP contribution in [0.25, 0.3) is 11.1 Å². The largest absolute Gasteiger partial charge is 0.478 e. The van der Waals surface area contributed by atoms with Gasteiger partial charge in [0, 0.05) is 11.6 Å². The third kappa shape index (κ3) is 2.41. The van der Waals surface area contributed by atoms with E-state index >= 15 is 0 Å². The van der Waals surface area contributed by atoms with Crippen molar-refractivity contribution in [3.05, 3.63) is 58.2 Å². The average molecular weight is 276 g/mol. The van der Waals surface area contributed by atoms with Crippen LogP contribution in [0.1, 0.15) is 27.0 Å². The number of carboxylic acid groups (broad SMARTS) is 1. The first-order chi connectivity index (χ1) is 9.31. The van der Waals surface area contributed by atoms with Crippen LogP contribution in [0.4, 0.5) is 8.78 Å². The van der Waals surface area contributed by atoms with Gasteiger partial charge in [-0.15, -0.1) is 0 Å². The molecule has 0 saturated carbocycles. The van der Waals surface area contributed by atoms with Crippen LogP contribution in [0.2, 0.25) is 0 Å². The van der Waals surface area contributed by atoms with Crippen LogP contribution in [0.3, 0.4) is 0 Å². The van der Waals surface area contributed by atoms with E-state index in [4.69, 9.17) is 5.11 Å². The van der Waals surface area contributed by atoms with Crippen LogP contribution >= 0.6 is 0 Å². The first-order valence-electron chi connectivity index (χ1n) is 6.12. The Morgan fingerprint density at radius 3 is 2.10 bits per heavy atom. The lowest BCUT2D eigenvalue weighted by Gasteiger charge is -2.12. The third-order valence-corrected chi connectivity index (χ3v) is 3.34. The van der Waals surface area contributed by atoms with E-state index in [0.717, 1.165) is 11.6 Å². The van der Waals surface area contributed by atoms with Crippen molar-refractivity contribution in [1.29, 1.82) is 0 Å². The van der Waals surface area contributed by atoms with Crippen molar-refractivity contribution in [1.82, 2.24) is 0 Å². The summed E-state index contributed by atoms with van der Waals surface area (Å²) in [5, 5.41) is 9.14. The highest BCUT2D eigenvalue weighted by Crippen LogP contribution is 2.30. The van der Waals surface area contributed by atoms with Crippen molar-refractivity contribution in [2.24, 2.45) is 0 Å². The maximum Gasteiger partial charge on any atom is 0.335 e. The average Bonchev–Trinajstić information content (AvgIpc) is 2.34. The number of carbonyl (C=O) groups is 1. The predicted molar refractivity (Wildman–Crippen MR) is 73.0 cm³/mol. The van der Waals surface area contributed by atoms with Crippen LogP contribution in [-0.4, -0.2) is 11.1 Å². The molecule has 2 rings (SSSR count). The van der Waals surface area contributed by atoms with Gasteiger partial charge in [0.2, 0.25) is 0 Å². The van der Waals surface area contributed by atoms with Crippen molar-refractivity contribution < 1.29 is 18.7 Å². The van der Waals surface area contributed by atoms with Crippen LogP contribution in [0.15, 0.2) is 24.3 Å². The zero-order valence-electron chi connectivity index (χ0n) is 11.4. The van der Waals surface area contributed by atoms with Gasteiger partial charge in [0.1, 0.15) is 11.6 Å². The zero-order valence-corrected chi connectivity index (χ0v) is 11.4. The lowest BCUT2D eigenvalue weighted by atomic mass is 9.93. The van der Waals surface area contributed by atoms with Gasteiger partial charge in [0.05, 0.1) is 5.56 Å². The van der Waals surface area contributed by atoms with E-state index in [1.54, 1.807) is 26.8 Å². The Morgan fingerprint density at radius 1 is 0.850 bits per heavy atom. The maximum absolute atomic E-state index is 13.9. The van der Waals surface area contributed by atoms with Crippen LogP contribution in [0.5, 0.6) is 0 Å². The van der Waals surface area contributed by atoms with Crippen LogP contribution in [-0.2, 0) is 0 Å². The first kappa shape index (κ1) is 14.2. The zero-order chi connectivity index (χ0) is 15.0. The predicted octanol–water partition coefficient (Wildman–Crippen LogP) is 4.26. The monoisotopic (exact) mass is 276 g/mol. The van der Waals surface area contributed by atoms with E-state index in [9.17, 15) is 13.6 Å². The molecule has 0 spiro atoms. The number of rotatable bonds is 2. The summed E-state index contributed by atoms with van der Waals surface area (Å²) in [5.41, 5.74) is 2.47. The summed E-state index contributed by atoms with van der Waals surface area (Å²) in [6.45, 7) is 5.00. The van der Waals surface area contributed by atoms with Crippen LogP contribution < -0.4 is 0 Å². The molecular weight excluding hydrogens is 262 g/mol. The quantitative estimate of drug-likeness (QED) is 0.890. The Morgan fingerprint density at radius 2 is 1.50 bits per heavy atom. The molecular formula is C16H14F2O2. The fourth-order valence-corrected chi connectivity index (χ4v) is 2.24. The van der Waals surface area contributed by atoms with Gasteiger partial charge in [-0.1, -0.05) is 6.07 Å². The fraction of sp³-hybridized carbons (Fsp3) is 0.188. The lowest BCUT2D eigenvalue weighted by Crippen LogP contribution is -2.02. The molecule has 0 aliphatic carbocycles. The van der Waals surface area contributed by atoms with E-state index in [1.165, 1.54) is 12.1 Å². The number of halogens is 2. The summed E-state index contributed by atoms with van der Waals surface area (Å²) in [4.78, 5) is 11.2. The van der Waals surface area contributed by atoms with Gasteiger partial charge >= 0.3 is 5.97 Å². The third-order valence-electron chi connectivity index (χ3n) is 3.34. The molecule has 0 unspecified atom stereocenters. The highest BCUT2D eigenvalue weighted by molar-refractivity contribution is 5.91. The molecule has 0 atom stereocenters. The van der Waals surface area contributed by atoms with Gasteiger partial charge in [0.25, 0.3) is 0 Å². The highest BCUT2D eigenvalue weighted by Gasteiger charge is 2.15. The van der Waals surface area contributed by atoms with E-state index in [1.807, 2.05) is 0 Å². The van der Waals surface area contributed by atoms with E-state index in [0.29, 0.717) is 16.7 Å². The Hall–Kier alpha value is -2.23. The molecule has 0 aromatic heterocycles. The molecule has 0 aliphatic rings. The molecule has 2 aromatic rings. The first-order valence-corrected chi connectivity index (χ1v) is 6.12. The Kier molecular flexibility index (Phi) is 3.57. The highest BCUT2D eigenvalue weighted by atomic mass is 19.1. The fourth-order valence-electron chi connectivity index (χ4n) is 2.24. The summed E-state index contributed by atoms with van der Waals surface area (Å²) in [6, 6.07) is 5.35. The second-order valence-corrected chi connectivity index (χ2v) is 4.87. The smallest absolute Gasteiger partial charge is 0.335 e. The van der Waals surface area contributed by atoms with Crippen LogP contribution in [0, 0.1) is 32.4 Å². The maximum atomic E-state index is 13.9. The van der Waals surface area contributed by atoms with Crippen molar-refractivity contribution in [3.63, 3.8) is 0 Å². The van der Waals surface area contributed by atoms with Gasteiger partial charge in [-0.3, -0.25) is 0 Å². The molecule has 0 bridgehead atoms. The molecule has 2 nitrogen and oxygen atoms in total. The number of benzene rings is 2. The van der Waals surface area contributed by atoms with Gasteiger partial charge in [-0.25, -0.2) is 13.6 Å². The number of hydrogen-bond donors (Lipinski definition) is 1. The van der Waals surface area contributed by atoms with Gasteiger partial charge < -0.3 is 5.11 Å². The summed E-state index contributed by atoms with van der Waals surface area (Å²) in [7, 11) is 0. The standard InChI is InChI=1S/C16H14F2O2/c1-8-4-9(2)12(16(19)20)6-11(8)13-5-10(3)14(17)7-15(13)18/h4-7H,1-3H3,(H,19,20). The topological polar surface area (TPSA) is 37.3 Å². The van der Waals surface area contributed by atoms with E-state index < -0.39 is 17.6 Å². The van der Waals surface area contributed by atoms with Crippen molar-refractivity contribution in [3.8, 4) is 11.1 Å². The Labute approximate surface area is 115 Å². The summed E-state index contributed by atoms with van der Waals surface area (Å²) in [5.74, 6) is -2.38. The normalized spacial score (nSPS) is 10.7. The van der Waals surface area contributed by atoms with Crippen molar-refractivity contribution in [2.45, 2.75) is 20.8 Å². The molecule has 0 aliphatic heterocycles. The molecule has 1 N–H and O–H groups in total. The summed E-state index contributed by atoms with van der Waals surface area (Å²) < 4.78 is 27.3. The molecule has 4 heteroatoms. The van der Waals surface area contributed by atoms with Gasteiger partial charge in [-0.05, 0) is 55.2 Å². The summed E-state index contributed by atoms with van der Waals surface area (Å²) in [6.07, 6.45) is 0. The van der Waals surface area contributed by atoms with Crippen molar-refractivity contribution in [2.75, 3.05) is 0 Å². The SMILES string of the molecule is Cc1cc(-c2cc(C(=O)O)c(C)cc2C)c(F)cc1F. The van der Waals surface area contributed by atoms with E-state index in [-0.39, 0.29) is 11.1 Å². The summed E-state index contributed by atoms with van der Waals surface area (Å²) >= 11 is 0. The molecule has 0 amide bonds. The molecule has 2 aromatic carbocycles. The number of hydrogen-bond acceptors (Lipinski definition) is 1. The molecule has 104 valence electrons. The van der Waals surface area contributed by atoms with Gasteiger partial charge in [-0.2, -0.15) is 0 Å². The Bertz CT molecular complexity index is 706. The Balaban J connectivity index is 2.73. The molecule has 20 heavy (non-hydrogen) atoms. The molecule has 0 fully saturated rings. The minimum Gasteiger partial charge on any atom is -0.478 e. The number of aromatic carboxylic acids is 1. The van der Waals surface area contributed by atoms with Gasteiger partial charge in [0.15, 0.2) is 0 Å². The van der Waals surface area contributed by atoms with Crippen molar-refractivity contribution >= 4 is 5.97 Å². The number of carboxylic acids is 1. The lowest BCUT2D eigenvalue weighted by molar-refractivity contribution is 0.0696. The molecule has 0 radical (unpaired) electrons. The minimum absolute atomic E-state index is 0.118. The second-order valence-electron chi connectivity index (χ2n) is 4.87. The second kappa shape index (κ2) is 5.04.